The zero-order valence-corrected chi connectivity index (χ0v) is 9.05. The third-order valence-electron chi connectivity index (χ3n) is 2.23. The van der Waals surface area contributed by atoms with Crippen LogP contribution in [0, 0.1) is 0 Å². The van der Waals surface area contributed by atoms with Crippen molar-refractivity contribution in [2.45, 2.75) is 18.6 Å². The highest BCUT2D eigenvalue weighted by Crippen LogP contribution is 2.21. The summed E-state index contributed by atoms with van der Waals surface area (Å²) in [5.74, 6) is -3.54. The van der Waals surface area contributed by atoms with Crippen molar-refractivity contribution in [3.05, 3.63) is 0 Å². The second kappa shape index (κ2) is 4.36. The summed E-state index contributed by atoms with van der Waals surface area (Å²) in [6, 6.07) is -1.17. The number of aliphatic hydroxyl groups is 1. The van der Waals surface area contributed by atoms with Crippen molar-refractivity contribution >= 4 is 21.9 Å². The van der Waals surface area contributed by atoms with Gasteiger partial charge in [0.25, 0.3) is 0 Å². The third-order valence-corrected chi connectivity index (χ3v) is 3.96. The number of primary amides is 1. The number of aliphatic hydroxyl groups excluding tert-OH is 1. The first-order chi connectivity index (χ1) is 7.24. The fourth-order valence-corrected chi connectivity index (χ4v) is 3.04. The van der Waals surface area contributed by atoms with E-state index in [1.54, 1.807) is 0 Å². The number of β-amino-alcohol motifs (C(OH)–C–C–N with tert-alkyl or cyclic N) is 1. The SMILES string of the molecule is NC(=O)C1CC(O)CN1S(=O)(=O)CC(=O)O. The quantitative estimate of drug-likeness (QED) is 0.498. The average molecular weight is 252 g/mol. The molecule has 1 aliphatic heterocycles. The lowest BCUT2D eigenvalue weighted by atomic mass is 10.2. The number of hydrogen-bond donors (Lipinski definition) is 3. The van der Waals surface area contributed by atoms with Crippen LogP contribution in [-0.4, -0.2) is 59.3 Å². The number of sulfonamides is 1. The van der Waals surface area contributed by atoms with Gasteiger partial charge in [0.05, 0.1) is 6.10 Å². The van der Waals surface area contributed by atoms with Gasteiger partial charge in [0.15, 0.2) is 5.75 Å². The van der Waals surface area contributed by atoms with Gasteiger partial charge in [0.2, 0.25) is 15.9 Å². The zero-order valence-electron chi connectivity index (χ0n) is 8.24. The number of carbonyl (C=O) groups is 2. The predicted molar refractivity (Wildman–Crippen MR) is 51.7 cm³/mol. The molecule has 1 aliphatic rings. The van der Waals surface area contributed by atoms with Gasteiger partial charge < -0.3 is 15.9 Å². The van der Waals surface area contributed by atoms with Gasteiger partial charge in [-0.15, -0.1) is 0 Å². The molecule has 0 bridgehead atoms. The normalized spacial score (nSPS) is 26.8. The summed E-state index contributed by atoms with van der Waals surface area (Å²) in [6.45, 7) is -0.302. The van der Waals surface area contributed by atoms with Crippen LogP contribution in [0.3, 0.4) is 0 Å². The molecule has 0 aromatic carbocycles. The minimum absolute atomic E-state index is 0.103. The molecule has 92 valence electrons. The smallest absolute Gasteiger partial charge is 0.320 e. The van der Waals surface area contributed by atoms with Gasteiger partial charge in [-0.3, -0.25) is 9.59 Å². The van der Waals surface area contributed by atoms with E-state index in [0.717, 1.165) is 0 Å². The van der Waals surface area contributed by atoms with Gasteiger partial charge in [-0.1, -0.05) is 0 Å². The Morgan fingerprint density at radius 3 is 2.44 bits per heavy atom. The second-order valence-electron chi connectivity index (χ2n) is 3.53. The van der Waals surface area contributed by atoms with Crippen molar-refractivity contribution in [1.82, 2.24) is 4.31 Å². The number of carboxylic acid groups (broad SMARTS) is 1. The lowest BCUT2D eigenvalue weighted by molar-refractivity contribution is -0.134. The Kier molecular flexibility index (Phi) is 3.51. The summed E-state index contributed by atoms with van der Waals surface area (Å²) in [6.07, 6.45) is -1.10. The molecule has 1 rings (SSSR count). The number of carbonyl (C=O) groups excluding carboxylic acids is 1. The molecule has 2 unspecified atom stereocenters. The fourth-order valence-electron chi connectivity index (χ4n) is 1.59. The number of nitrogens with two attached hydrogens (primary N) is 1. The first-order valence-electron chi connectivity index (χ1n) is 4.42. The second-order valence-corrected chi connectivity index (χ2v) is 5.45. The Morgan fingerprint density at radius 1 is 1.44 bits per heavy atom. The first kappa shape index (κ1) is 12.9. The van der Waals surface area contributed by atoms with Gasteiger partial charge in [-0.25, -0.2) is 8.42 Å². The molecule has 8 nitrogen and oxygen atoms in total. The molecule has 0 aromatic heterocycles. The van der Waals surface area contributed by atoms with E-state index in [-0.39, 0.29) is 13.0 Å². The maximum Gasteiger partial charge on any atom is 0.320 e. The van der Waals surface area contributed by atoms with Crippen molar-refractivity contribution in [3.8, 4) is 0 Å². The fraction of sp³-hybridized carbons (Fsp3) is 0.714. The van der Waals surface area contributed by atoms with Crippen molar-refractivity contribution < 1.29 is 28.2 Å². The summed E-state index contributed by atoms with van der Waals surface area (Å²) < 4.78 is 23.7. The van der Waals surface area contributed by atoms with Crippen LogP contribution in [0.1, 0.15) is 6.42 Å². The Hall–Kier alpha value is -1.19. The van der Waals surface area contributed by atoms with Crippen LogP contribution < -0.4 is 5.73 Å². The van der Waals surface area contributed by atoms with Gasteiger partial charge in [0, 0.05) is 13.0 Å². The lowest BCUT2D eigenvalue weighted by Crippen LogP contribution is -2.45. The topological polar surface area (TPSA) is 138 Å². The number of hydrogen-bond acceptors (Lipinski definition) is 5. The predicted octanol–water partition coefficient (Wildman–Crippen LogP) is -2.68. The Bertz CT molecular complexity index is 405. The van der Waals surface area contributed by atoms with Crippen LogP contribution in [0.5, 0.6) is 0 Å². The highest BCUT2D eigenvalue weighted by atomic mass is 32.2. The van der Waals surface area contributed by atoms with Crippen molar-refractivity contribution in [2.24, 2.45) is 5.73 Å². The highest BCUT2D eigenvalue weighted by Gasteiger charge is 2.42. The number of carboxylic acids is 1. The summed E-state index contributed by atoms with van der Waals surface area (Å²) >= 11 is 0. The van der Waals surface area contributed by atoms with Crippen LogP contribution in [-0.2, 0) is 19.6 Å². The van der Waals surface area contributed by atoms with Crippen molar-refractivity contribution in [3.63, 3.8) is 0 Å². The molecule has 0 radical (unpaired) electrons. The van der Waals surface area contributed by atoms with Crippen LogP contribution >= 0.6 is 0 Å². The summed E-state index contributed by atoms with van der Waals surface area (Å²) in [5, 5.41) is 17.7. The molecule has 16 heavy (non-hydrogen) atoms. The Morgan fingerprint density at radius 2 is 2.00 bits per heavy atom. The Balaban J connectivity index is 2.94. The molecule has 1 amide bonds. The minimum atomic E-state index is -4.11. The number of aliphatic carboxylic acids is 1. The molecule has 9 heteroatoms. The van der Waals surface area contributed by atoms with Crippen LogP contribution in [0.25, 0.3) is 0 Å². The monoisotopic (exact) mass is 252 g/mol. The number of rotatable bonds is 4. The Labute approximate surface area is 91.7 Å². The van der Waals surface area contributed by atoms with Gasteiger partial charge in [0.1, 0.15) is 6.04 Å². The maximum absolute atomic E-state index is 11.5. The third kappa shape index (κ3) is 2.68. The molecule has 2 atom stereocenters. The van der Waals surface area contributed by atoms with E-state index >= 15 is 0 Å². The van der Waals surface area contributed by atoms with E-state index in [2.05, 4.69) is 0 Å². The van der Waals surface area contributed by atoms with E-state index in [9.17, 15) is 23.1 Å². The standard InChI is InChI=1S/C7H12N2O6S/c8-7(13)5-1-4(10)2-9(5)16(14,15)3-6(11)12/h4-5,10H,1-3H2,(H2,8,13)(H,11,12). The van der Waals surface area contributed by atoms with E-state index in [0.29, 0.717) is 4.31 Å². The van der Waals surface area contributed by atoms with Crippen molar-refractivity contribution in [1.29, 1.82) is 0 Å². The molecular weight excluding hydrogens is 240 g/mol. The molecule has 0 saturated carbocycles. The van der Waals surface area contributed by atoms with Crippen LogP contribution in [0.2, 0.25) is 0 Å². The highest BCUT2D eigenvalue weighted by molar-refractivity contribution is 7.89. The molecule has 1 fully saturated rings. The van der Waals surface area contributed by atoms with E-state index in [1.807, 2.05) is 0 Å². The molecule has 0 aromatic rings. The van der Waals surface area contributed by atoms with Gasteiger partial charge in [-0.05, 0) is 0 Å². The van der Waals surface area contributed by atoms with Gasteiger partial charge >= 0.3 is 5.97 Å². The van der Waals surface area contributed by atoms with E-state index in [1.165, 1.54) is 0 Å². The number of nitrogens with zero attached hydrogens (tertiary/aromatic N) is 1. The summed E-state index contributed by atoms with van der Waals surface area (Å²) in [7, 11) is -4.11. The molecular formula is C7H12N2O6S. The molecule has 1 saturated heterocycles. The molecule has 1 heterocycles. The lowest BCUT2D eigenvalue weighted by Gasteiger charge is -2.19. The first-order valence-corrected chi connectivity index (χ1v) is 6.03. The van der Waals surface area contributed by atoms with E-state index < -0.39 is 39.8 Å². The summed E-state index contributed by atoms with van der Waals surface area (Å²) in [4.78, 5) is 21.3. The molecule has 0 spiro atoms. The largest absolute Gasteiger partial charge is 0.480 e. The maximum atomic E-state index is 11.5. The molecule has 0 aliphatic carbocycles. The molecule has 4 N–H and O–H groups in total. The van der Waals surface area contributed by atoms with Crippen LogP contribution in [0.4, 0.5) is 0 Å². The minimum Gasteiger partial charge on any atom is -0.480 e. The zero-order chi connectivity index (χ0) is 12.5. The average Bonchev–Trinajstić information content (AvgIpc) is 2.45. The van der Waals surface area contributed by atoms with Crippen molar-refractivity contribution in [2.75, 3.05) is 12.3 Å². The van der Waals surface area contributed by atoms with Crippen LogP contribution in [0.15, 0.2) is 0 Å². The summed E-state index contributed by atoms with van der Waals surface area (Å²) in [5.41, 5.74) is 4.97. The van der Waals surface area contributed by atoms with E-state index in [4.69, 9.17) is 10.8 Å². The van der Waals surface area contributed by atoms with Gasteiger partial charge in [-0.2, -0.15) is 4.31 Å². The number of amides is 1.